The maximum atomic E-state index is 13.4. The van der Waals surface area contributed by atoms with Crippen molar-refractivity contribution in [2.45, 2.75) is 133 Å². The van der Waals surface area contributed by atoms with Gasteiger partial charge in [0, 0.05) is 6.42 Å². The molecule has 1 aromatic heterocycles. The molecular weight excluding hydrogens is 562 g/mol. The minimum Gasteiger partial charge on any atom is -0.459 e. The number of carbonyl (C=O) groups excluding carboxylic acids is 3. The fourth-order valence-electron chi connectivity index (χ4n) is 11.8. The van der Waals surface area contributed by atoms with E-state index in [2.05, 4.69) is 64.9 Å². The molecule has 0 bridgehead atoms. The summed E-state index contributed by atoms with van der Waals surface area (Å²) in [5, 5.41) is 8.87. The van der Waals surface area contributed by atoms with Crippen LogP contribution in [0.3, 0.4) is 0 Å². The maximum absolute atomic E-state index is 13.4. The van der Waals surface area contributed by atoms with Crippen LogP contribution >= 0.6 is 0 Å². The van der Waals surface area contributed by atoms with Gasteiger partial charge in [-0.2, -0.15) is 0 Å². The lowest BCUT2D eigenvalue weighted by atomic mass is 9.33. The number of aromatic nitrogens is 3. The van der Waals surface area contributed by atoms with Gasteiger partial charge in [-0.3, -0.25) is 9.59 Å². The molecule has 5 aliphatic carbocycles. The van der Waals surface area contributed by atoms with Crippen LogP contribution in [-0.2, 0) is 25.7 Å². The Bertz CT molecular complexity index is 1490. The van der Waals surface area contributed by atoms with Crippen molar-refractivity contribution in [3.63, 3.8) is 0 Å². The molecule has 3 fully saturated rings. The van der Waals surface area contributed by atoms with E-state index in [0.717, 1.165) is 62.5 Å². The number of Topliss-reactive ketones (excluding diaryl/α,β-unsaturated/α-hetero) is 1. The van der Waals surface area contributed by atoms with Crippen LogP contribution in [0.15, 0.2) is 23.4 Å². The molecular formula is C38H55N3O4. The highest BCUT2D eigenvalue weighted by atomic mass is 16.6. The topological polar surface area (TPSA) is 91.2 Å². The van der Waals surface area contributed by atoms with Gasteiger partial charge in [-0.1, -0.05) is 59.8 Å². The third-order valence-corrected chi connectivity index (χ3v) is 13.8. The summed E-state index contributed by atoms with van der Waals surface area (Å²) in [5.74, 6) is 1.38. The molecule has 7 atom stereocenters. The van der Waals surface area contributed by atoms with Crippen LogP contribution in [0, 0.1) is 50.7 Å². The normalized spacial score (nSPS) is 39.0. The summed E-state index contributed by atoms with van der Waals surface area (Å²) in [6.45, 7) is 22.3. The lowest BCUT2D eigenvalue weighted by Gasteiger charge is -2.71. The highest BCUT2D eigenvalue weighted by Crippen LogP contribution is 2.76. The molecule has 0 spiro atoms. The fraction of sp³-hybridized carbons (Fsp3) is 0.763. The van der Waals surface area contributed by atoms with Crippen molar-refractivity contribution in [1.29, 1.82) is 0 Å². The average Bonchev–Trinajstić information content (AvgIpc) is 3.49. The van der Waals surface area contributed by atoms with Crippen LogP contribution in [0.4, 0.5) is 0 Å². The Hall–Kier alpha value is -2.57. The van der Waals surface area contributed by atoms with Crippen molar-refractivity contribution in [2.24, 2.45) is 50.7 Å². The van der Waals surface area contributed by atoms with Crippen LogP contribution in [0.25, 0.3) is 5.57 Å². The van der Waals surface area contributed by atoms with Crippen LogP contribution in [0.2, 0.25) is 0 Å². The Balaban J connectivity index is 1.32. The van der Waals surface area contributed by atoms with Crippen LogP contribution in [0.5, 0.6) is 0 Å². The molecule has 0 unspecified atom stereocenters. The molecule has 6 rings (SSSR count). The largest absolute Gasteiger partial charge is 0.459 e. The van der Waals surface area contributed by atoms with E-state index in [-0.39, 0.29) is 45.9 Å². The number of fused-ring (bicyclic) bond motifs is 7. The minimum atomic E-state index is -0.573. The van der Waals surface area contributed by atoms with E-state index < -0.39 is 11.0 Å². The second-order valence-corrected chi connectivity index (χ2v) is 17.9. The first-order chi connectivity index (χ1) is 20.8. The smallest absolute Gasteiger partial charge is 0.328 e. The van der Waals surface area contributed by atoms with E-state index in [1.54, 1.807) is 4.68 Å². The van der Waals surface area contributed by atoms with Gasteiger partial charge in [-0.05, 0) is 128 Å². The molecule has 0 aliphatic heterocycles. The number of nitrogens with zero attached hydrogens (tertiary/aromatic N) is 3. The Morgan fingerprint density at radius 3 is 2.40 bits per heavy atom. The van der Waals surface area contributed by atoms with Gasteiger partial charge in [-0.25, -0.2) is 4.68 Å². The summed E-state index contributed by atoms with van der Waals surface area (Å²) in [4.78, 5) is 38.6. The summed E-state index contributed by atoms with van der Waals surface area (Å²) in [6.07, 6.45) is 13.2. The minimum absolute atomic E-state index is 0.0469. The van der Waals surface area contributed by atoms with Crippen molar-refractivity contribution < 1.29 is 19.1 Å². The molecule has 7 heteroatoms. The molecule has 0 radical (unpaired) electrons. The lowest BCUT2D eigenvalue weighted by molar-refractivity contribution is -0.196. The van der Waals surface area contributed by atoms with Crippen molar-refractivity contribution in [2.75, 3.05) is 0 Å². The lowest BCUT2D eigenvalue weighted by Crippen LogP contribution is -2.64. The van der Waals surface area contributed by atoms with E-state index in [9.17, 15) is 14.4 Å². The number of hydrogen-bond donors (Lipinski definition) is 0. The third kappa shape index (κ3) is 4.59. The highest BCUT2D eigenvalue weighted by molar-refractivity contribution is 6.03. The molecule has 1 aromatic rings. The van der Waals surface area contributed by atoms with Gasteiger partial charge in [-0.15, -0.1) is 5.10 Å². The van der Waals surface area contributed by atoms with E-state index in [4.69, 9.17) is 4.74 Å². The average molecular weight is 618 g/mol. The number of allylic oxidation sites excluding steroid dienone is 4. The Kier molecular flexibility index (Phi) is 7.35. The Labute approximate surface area is 270 Å². The fourth-order valence-corrected chi connectivity index (χ4v) is 11.8. The number of hydrogen-bond acceptors (Lipinski definition) is 6. The first-order valence-corrected chi connectivity index (χ1v) is 17.4. The molecule has 0 aromatic carbocycles. The van der Waals surface area contributed by atoms with Gasteiger partial charge in [0.25, 0.3) is 0 Å². The Morgan fingerprint density at radius 2 is 1.76 bits per heavy atom. The molecule has 7 nitrogen and oxygen atoms in total. The Morgan fingerprint density at radius 1 is 1.04 bits per heavy atom. The standard InChI is InChI=1S/C38H55N3O4/c1-23(2)31-27(43)19-38(22-42)18-17-36(9)25(32(31)38)11-12-29-35(8)15-13-24(34(6,7)28(35)14-16-37(29,36)10)26-20-41(40-39-26)21-30(44)45-33(3,4)5/h13,20,22-23,25,28-29H,11-12,14-19,21H2,1-10H3/t25-,28+,29-,35+,36-,37-,38+/m1/s1. The number of esters is 1. The van der Waals surface area contributed by atoms with E-state index >= 15 is 0 Å². The zero-order chi connectivity index (χ0) is 33.0. The molecule has 0 saturated heterocycles. The van der Waals surface area contributed by atoms with Gasteiger partial charge in [0.2, 0.25) is 0 Å². The summed E-state index contributed by atoms with van der Waals surface area (Å²) in [6, 6.07) is 0. The number of ether oxygens (including phenoxy) is 1. The van der Waals surface area contributed by atoms with Crippen molar-refractivity contribution >= 4 is 23.6 Å². The molecule has 0 amide bonds. The first kappa shape index (κ1) is 32.4. The summed E-state index contributed by atoms with van der Waals surface area (Å²) in [5.41, 5.74) is 3.37. The summed E-state index contributed by atoms with van der Waals surface area (Å²) < 4.78 is 7.11. The zero-order valence-corrected chi connectivity index (χ0v) is 29.4. The third-order valence-electron chi connectivity index (χ3n) is 13.8. The van der Waals surface area contributed by atoms with Crippen molar-refractivity contribution in [1.82, 2.24) is 15.0 Å². The SMILES string of the molecule is CC(C)C1=C2[C@H]3CC[C@@H]4[C@@]5(C)CC=C(c6cn(CC(=O)OC(C)(C)C)nn6)C(C)(C)[C@@H]5CC[C@@]4(C)[C@]3(C)CC[C@@]2(C=O)CC1=O. The zero-order valence-electron chi connectivity index (χ0n) is 29.4. The number of carbonyl (C=O) groups is 3. The monoisotopic (exact) mass is 617 g/mol. The quantitative estimate of drug-likeness (QED) is 0.247. The first-order valence-electron chi connectivity index (χ1n) is 17.4. The molecule has 1 heterocycles. The molecule has 45 heavy (non-hydrogen) atoms. The number of rotatable bonds is 5. The predicted molar refractivity (Wildman–Crippen MR) is 175 cm³/mol. The number of ketones is 1. The second kappa shape index (κ2) is 10.2. The van der Waals surface area contributed by atoms with Gasteiger partial charge < -0.3 is 9.53 Å². The van der Waals surface area contributed by atoms with Gasteiger partial charge in [0.15, 0.2) is 5.78 Å². The van der Waals surface area contributed by atoms with Crippen molar-refractivity contribution in [3.8, 4) is 0 Å². The van der Waals surface area contributed by atoms with Gasteiger partial charge in [0.05, 0.1) is 11.6 Å². The van der Waals surface area contributed by atoms with E-state index in [1.165, 1.54) is 11.1 Å². The molecule has 5 aliphatic rings. The molecule has 3 saturated carbocycles. The summed E-state index contributed by atoms with van der Waals surface area (Å²) >= 11 is 0. The van der Waals surface area contributed by atoms with Crippen molar-refractivity contribution in [3.05, 3.63) is 29.1 Å². The number of aldehydes is 1. The van der Waals surface area contributed by atoms with E-state index in [1.807, 2.05) is 27.0 Å². The molecule has 246 valence electrons. The highest BCUT2D eigenvalue weighted by Gasteiger charge is 2.69. The summed E-state index contributed by atoms with van der Waals surface area (Å²) in [7, 11) is 0. The maximum Gasteiger partial charge on any atom is 0.328 e. The van der Waals surface area contributed by atoms with Crippen LogP contribution in [0.1, 0.15) is 126 Å². The predicted octanol–water partition coefficient (Wildman–Crippen LogP) is 7.79. The van der Waals surface area contributed by atoms with Crippen LogP contribution < -0.4 is 0 Å². The van der Waals surface area contributed by atoms with E-state index in [0.29, 0.717) is 24.2 Å². The molecule has 0 N–H and O–H groups in total. The van der Waals surface area contributed by atoms with Crippen LogP contribution in [-0.4, -0.2) is 38.6 Å². The van der Waals surface area contributed by atoms with Gasteiger partial charge >= 0.3 is 5.97 Å². The second-order valence-electron chi connectivity index (χ2n) is 17.9. The van der Waals surface area contributed by atoms with Gasteiger partial charge in [0.1, 0.15) is 24.1 Å².